The number of anilines is 1. The number of aliphatic imine (C=N–C) groups is 1. The Labute approximate surface area is 181 Å². The molecule has 0 aromatic heterocycles. The minimum atomic E-state index is 0. The van der Waals surface area contributed by atoms with Gasteiger partial charge >= 0.3 is 0 Å². The normalized spacial score (nSPS) is 16.6. The first-order valence-corrected chi connectivity index (χ1v) is 9.67. The summed E-state index contributed by atoms with van der Waals surface area (Å²) in [7, 11) is 3.83. The number of hydrogen-bond donors (Lipinski definition) is 1. The molecule has 1 fully saturated rings. The molecule has 0 saturated carbocycles. The molecule has 1 saturated heterocycles. The van der Waals surface area contributed by atoms with Crippen LogP contribution in [0.25, 0.3) is 0 Å². The zero-order valence-corrected chi connectivity index (χ0v) is 19.3. The minimum absolute atomic E-state index is 0. The molecule has 0 aliphatic carbocycles. The molecular formula is C21H35IN4O. The molecule has 0 amide bonds. The zero-order valence-electron chi connectivity index (χ0n) is 17.0. The van der Waals surface area contributed by atoms with E-state index in [9.17, 15) is 0 Å². The summed E-state index contributed by atoms with van der Waals surface area (Å²) in [6, 6.07) is 8.32. The van der Waals surface area contributed by atoms with Crippen LogP contribution in [0.3, 0.4) is 0 Å². The first-order chi connectivity index (χ1) is 12.7. The number of benzene rings is 1. The highest BCUT2D eigenvalue weighted by Gasteiger charge is 2.23. The topological polar surface area (TPSA) is 40.1 Å². The van der Waals surface area contributed by atoms with Gasteiger partial charge < -0.3 is 19.9 Å². The van der Waals surface area contributed by atoms with Crippen LogP contribution in [-0.2, 0) is 0 Å². The third-order valence-corrected chi connectivity index (χ3v) is 4.80. The van der Waals surface area contributed by atoms with Crippen molar-refractivity contribution in [1.82, 2.24) is 10.2 Å². The van der Waals surface area contributed by atoms with Gasteiger partial charge in [0.05, 0.1) is 7.11 Å². The summed E-state index contributed by atoms with van der Waals surface area (Å²) in [5.74, 6) is 2.52. The largest absolute Gasteiger partial charge is 0.497 e. The molecule has 1 heterocycles. The number of nitrogens with one attached hydrogen (secondary N) is 1. The zero-order chi connectivity index (χ0) is 18.8. The highest BCUT2D eigenvalue weighted by atomic mass is 127. The van der Waals surface area contributed by atoms with Crippen LogP contribution in [0.2, 0.25) is 0 Å². The van der Waals surface area contributed by atoms with Crippen LogP contribution < -0.4 is 15.0 Å². The van der Waals surface area contributed by atoms with Gasteiger partial charge in [-0.25, -0.2) is 0 Å². The Morgan fingerprint density at radius 2 is 2.30 bits per heavy atom. The smallest absolute Gasteiger partial charge is 0.193 e. The molecule has 6 heteroatoms. The Bertz CT molecular complexity index is 593. The van der Waals surface area contributed by atoms with E-state index in [1.807, 2.05) is 12.1 Å². The van der Waals surface area contributed by atoms with E-state index in [4.69, 9.17) is 9.73 Å². The first-order valence-electron chi connectivity index (χ1n) is 9.67. The number of ether oxygens (including phenoxy) is 1. The quantitative estimate of drug-likeness (QED) is 0.188. The standard InChI is InChI=1S/C21H34N4O.HI/c1-5-7-8-13-24(3)21(22-6-2)23-16-18-12-14-25(17-18)19-10-9-11-20(15-19)26-4;/h5,9-11,15,18H,1,6-8,12-14,16-17H2,2-4H3,(H,22,23);1H. The molecular weight excluding hydrogens is 451 g/mol. The summed E-state index contributed by atoms with van der Waals surface area (Å²) in [4.78, 5) is 9.55. The van der Waals surface area contributed by atoms with Crippen molar-refractivity contribution in [3.8, 4) is 5.75 Å². The molecule has 1 aromatic carbocycles. The van der Waals surface area contributed by atoms with Crippen molar-refractivity contribution in [3.05, 3.63) is 36.9 Å². The van der Waals surface area contributed by atoms with Crippen LogP contribution in [-0.4, -0.2) is 57.7 Å². The molecule has 0 bridgehead atoms. The summed E-state index contributed by atoms with van der Waals surface area (Å²) >= 11 is 0. The van der Waals surface area contributed by atoms with Crippen molar-refractivity contribution in [3.63, 3.8) is 0 Å². The second-order valence-corrected chi connectivity index (χ2v) is 6.85. The van der Waals surface area contributed by atoms with Crippen molar-refractivity contribution < 1.29 is 4.74 Å². The Balaban J connectivity index is 0.00000364. The van der Waals surface area contributed by atoms with Gasteiger partial charge in [-0.3, -0.25) is 4.99 Å². The van der Waals surface area contributed by atoms with Gasteiger partial charge in [0.15, 0.2) is 5.96 Å². The van der Waals surface area contributed by atoms with Gasteiger partial charge in [0, 0.05) is 51.5 Å². The second-order valence-electron chi connectivity index (χ2n) is 6.85. The van der Waals surface area contributed by atoms with E-state index >= 15 is 0 Å². The van der Waals surface area contributed by atoms with E-state index in [1.165, 1.54) is 12.1 Å². The average Bonchev–Trinajstić information content (AvgIpc) is 3.14. The summed E-state index contributed by atoms with van der Waals surface area (Å²) in [6.45, 7) is 10.8. The fourth-order valence-corrected chi connectivity index (χ4v) is 3.29. The van der Waals surface area contributed by atoms with E-state index in [1.54, 1.807) is 7.11 Å². The van der Waals surface area contributed by atoms with Crippen LogP contribution >= 0.6 is 24.0 Å². The summed E-state index contributed by atoms with van der Waals surface area (Å²) < 4.78 is 5.35. The van der Waals surface area contributed by atoms with E-state index in [0.717, 1.165) is 57.3 Å². The van der Waals surface area contributed by atoms with Gasteiger partial charge in [-0.15, -0.1) is 30.6 Å². The lowest BCUT2D eigenvalue weighted by Gasteiger charge is -2.22. The maximum absolute atomic E-state index is 5.35. The Kier molecular flexibility index (Phi) is 11.2. The van der Waals surface area contributed by atoms with Crippen LogP contribution in [0.5, 0.6) is 5.75 Å². The highest BCUT2D eigenvalue weighted by molar-refractivity contribution is 14.0. The van der Waals surface area contributed by atoms with E-state index in [-0.39, 0.29) is 24.0 Å². The first kappa shape index (κ1) is 23.6. The Morgan fingerprint density at radius 3 is 3.00 bits per heavy atom. The molecule has 1 unspecified atom stereocenters. The molecule has 0 spiro atoms. The predicted molar refractivity (Wildman–Crippen MR) is 127 cm³/mol. The van der Waals surface area contributed by atoms with Crippen LogP contribution in [0, 0.1) is 5.92 Å². The van der Waals surface area contributed by atoms with Crippen molar-refractivity contribution in [1.29, 1.82) is 0 Å². The Morgan fingerprint density at radius 1 is 1.48 bits per heavy atom. The summed E-state index contributed by atoms with van der Waals surface area (Å²) in [6.07, 6.45) is 5.31. The van der Waals surface area contributed by atoms with Crippen molar-refractivity contribution in [2.24, 2.45) is 10.9 Å². The lowest BCUT2D eigenvalue weighted by Crippen LogP contribution is -2.39. The SMILES string of the molecule is C=CCCCN(C)C(=NCC1CCN(c2cccc(OC)c2)C1)NCC.I. The monoisotopic (exact) mass is 486 g/mol. The maximum atomic E-state index is 5.35. The number of halogens is 1. The molecule has 1 atom stereocenters. The third-order valence-electron chi connectivity index (χ3n) is 4.80. The molecule has 27 heavy (non-hydrogen) atoms. The van der Waals surface area contributed by atoms with Gasteiger partial charge in [-0.1, -0.05) is 12.1 Å². The molecule has 5 nitrogen and oxygen atoms in total. The summed E-state index contributed by atoms with van der Waals surface area (Å²) in [5, 5.41) is 3.41. The van der Waals surface area contributed by atoms with Gasteiger partial charge in [-0.05, 0) is 44.2 Å². The van der Waals surface area contributed by atoms with Gasteiger partial charge in [0.1, 0.15) is 5.75 Å². The predicted octanol–water partition coefficient (Wildman–Crippen LogP) is 4.00. The lowest BCUT2D eigenvalue weighted by molar-refractivity contribution is 0.415. The van der Waals surface area contributed by atoms with Gasteiger partial charge in [-0.2, -0.15) is 0 Å². The van der Waals surface area contributed by atoms with Gasteiger partial charge in [0.25, 0.3) is 0 Å². The number of hydrogen-bond acceptors (Lipinski definition) is 3. The van der Waals surface area contributed by atoms with Crippen LogP contribution in [0.15, 0.2) is 41.9 Å². The number of methoxy groups -OCH3 is 1. The van der Waals surface area contributed by atoms with E-state index in [2.05, 4.69) is 53.9 Å². The lowest BCUT2D eigenvalue weighted by atomic mass is 10.1. The molecule has 1 N–H and O–H groups in total. The number of guanidine groups is 1. The molecule has 1 aliphatic heterocycles. The molecule has 1 aromatic rings. The fourth-order valence-electron chi connectivity index (χ4n) is 3.29. The number of nitrogens with zero attached hydrogens (tertiary/aromatic N) is 3. The number of rotatable bonds is 9. The number of unbranched alkanes of at least 4 members (excludes halogenated alkanes) is 1. The maximum Gasteiger partial charge on any atom is 0.193 e. The van der Waals surface area contributed by atoms with E-state index in [0.29, 0.717) is 5.92 Å². The van der Waals surface area contributed by atoms with Crippen molar-refractivity contribution in [2.75, 3.05) is 51.8 Å². The van der Waals surface area contributed by atoms with Crippen molar-refractivity contribution >= 4 is 35.6 Å². The van der Waals surface area contributed by atoms with Crippen LogP contribution in [0.4, 0.5) is 5.69 Å². The van der Waals surface area contributed by atoms with Gasteiger partial charge in [0.2, 0.25) is 0 Å². The highest BCUT2D eigenvalue weighted by Crippen LogP contribution is 2.27. The van der Waals surface area contributed by atoms with E-state index < -0.39 is 0 Å². The average molecular weight is 486 g/mol. The molecule has 0 radical (unpaired) electrons. The fraction of sp³-hybridized carbons (Fsp3) is 0.571. The third kappa shape index (κ3) is 7.60. The number of allylic oxidation sites excluding steroid dienone is 1. The van der Waals surface area contributed by atoms with Crippen molar-refractivity contribution in [2.45, 2.75) is 26.2 Å². The van der Waals surface area contributed by atoms with Crippen LogP contribution in [0.1, 0.15) is 26.2 Å². The molecule has 152 valence electrons. The molecule has 2 rings (SSSR count). The second kappa shape index (κ2) is 12.9. The Hall–Kier alpha value is -1.44. The molecule has 1 aliphatic rings. The summed E-state index contributed by atoms with van der Waals surface area (Å²) in [5.41, 5.74) is 1.24. The minimum Gasteiger partial charge on any atom is -0.497 e.